The van der Waals surface area contributed by atoms with Crippen molar-refractivity contribution in [1.29, 1.82) is 0 Å². The number of carboxylic acids is 1. The van der Waals surface area contributed by atoms with Crippen LogP contribution in [0.5, 0.6) is 0 Å². The Bertz CT molecular complexity index is 467. The van der Waals surface area contributed by atoms with Gasteiger partial charge in [0.2, 0.25) is 0 Å². The van der Waals surface area contributed by atoms with E-state index in [2.05, 4.69) is 6.92 Å². The summed E-state index contributed by atoms with van der Waals surface area (Å²) in [6.45, 7) is 3.63. The average molecular weight is 377 g/mol. The Kier molecular flexibility index (Phi) is 14.7. The van der Waals surface area contributed by atoms with Crippen LogP contribution < -0.4 is 0 Å². The highest BCUT2D eigenvalue weighted by Gasteiger charge is 2.01. The molecule has 3 nitrogen and oxygen atoms in total. The first-order chi connectivity index (χ1) is 13.2. The summed E-state index contributed by atoms with van der Waals surface area (Å²) in [4.78, 5) is 10.8. The van der Waals surface area contributed by atoms with Crippen molar-refractivity contribution in [2.45, 2.75) is 103 Å². The third-order valence-electron chi connectivity index (χ3n) is 5.11. The fraction of sp³-hybridized carbons (Fsp3) is 0.708. The first kappa shape index (κ1) is 23.7. The first-order valence-electron chi connectivity index (χ1n) is 11.1. The second kappa shape index (κ2) is 16.8. The van der Waals surface area contributed by atoms with Crippen LogP contribution in [-0.2, 0) is 11.3 Å². The van der Waals surface area contributed by atoms with Gasteiger partial charge in [-0.25, -0.2) is 4.79 Å². The van der Waals surface area contributed by atoms with Gasteiger partial charge in [-0.3, -0.25) is 0 Å². The molecule has 154 valence electrons. The van der Waals surface area contributed by atoms with E-state index >= 15 is 0 Å². The van der Waals surface area contributed by atoms with E-state index < -0.39 is 5.97 Å². The van der Waals surface area contributed by atoms with E-state index in [0.717, 1.165) is 18.6 Å². The zero-order valence-electron chi connectivity index (χ0n) is 17.4. The molecule has 0 saturated heterocycles. The monoisotopic (exact) mass is 376 g/mol. The van der Waals surface area contributed by atoms with E-state index in [9.17, 15) is 4.79 Å². The quantitative estimate of drug-likeness (QED) is 0.272. The summed E-state index contributed by atoms with van der Waals surface area (Å²) in [5.41, 5.74) is 1.36. The molecule has 0 fully saturated rings. The van der Waals surface area contributed by atoms with E-state index in [0.29, 0.717) is 12.2 Å². The van der Waals surface area contributed by atoms with Crippen LogP contribution in [0.4, 0.5) is 0 Å². The predicted molar refractivity (Wildman–Crippen MR) is 113 cm³/mol. The molecule has 0 radical (unpaired) electrons. The summed E-state index contributed by atoms with van der Waals surface area (Å²) in [7, 11) is 0. The first-order valence-corrected chi connectivity index (χ1v) is 11.1. The van der Waals surface area contributed by atoms with Crippen molar-refractivity contribution in [3.63, 3.8) is 0 Å². The molecule has 0 aliphatic carbocycles. The standard InChI is InChI=1S/C24H40O3/c1-2-3-4-5-6-7-8-9-10-11-12-13-14-15-20-27-21-22-16-18-23(19-17-22)24(25)26/h16-19H,2-15,20-21H2,1H3,(H,25,26). The van der Waals surface area contributed by atoms with Crippen LogP contribution in [0.2, 0.25) is 0 Å². The van der Waals surface area contributed by atoms with E-state index in [4.69, 9.17) is 9.84 Å². The van der Waals surface area contributed by atoms with Crippen LogP contribution in [0.15, 0.2) is 24.3 Å². The molecule has 3 heteroatoms. The van der Waals surface area contributed by atoms with Gasteiger partial charge in [-0.1, -0.05) is 103 Å². The Morgan fingerprint density at radius 1 is 0.741 bits per heavy atom. The molecule has 0 aromatic heterocycles. The number of benzene rings is 1. The SMILES string of the molecule is CCCCCCCCCCCCCCCCOCc1ccc(C(=O)O)cc1. The Morgan fingerprint density at radius 3 is 1.63 bits per heavy atom. The zero-order chi connectivity index (χ0) is 19.6. The lowest BCUT2D eigenvalue weighted by Gasteiger charge is -2.05. The lowest BCUT2D eigenvalue weighted by molar-refractivity contribution is 0.0696. The van der Waals surface area contributed by atoms with Gasteiger partial charge in [0.25, 0.3) is 0 Å². The van der Waals surface area contributed by atoms with Crippen molar-refractivity contribution in [3.8, 4) is 0 Å². The number of ether oxygens (including phenoxy) is 1. The van der Waals surface area contributed by atoms with Gasteiger partial charge in [-0.15, -0.1) is 0 Å². The summed E-state index contributed by atoms with van der Waals surface area (Å²) in [5, 5.41) is 8.87. The minimum atomic E-state index is -0.884. The lowest BCUT2D eigenvalue weighted by atomic mass is 10.0. The second-order valence-corrected chi connectivity index (χ2v) is 7.65. The van der Waals surface area contributed by atoms with Crippen molar-refractivity contribution in [2.24, 2.45) is 0 Å². The van der Waals surface area contributed by atoms with Crippen LogP contribution in [0.1, 0.15) is 113 Å². The number of carboxylic acid groups (broad SMARTS) is 1. The molecular weight excluding hydrogens is 336 g/mol. The molecule has 0 saturated carbocycles. The highest BCUT2D eigenvalue weighted by molar-refractivity contribution is 5.87. The highest BCUT2D eigenvalue weighted by Crippen LogP contribution is 2.13. The minimum absolute atomic E-state index is 0.325. The van der Waals surface area contributed by atoms with E-state index in [1.807, 2.05) is 12.1 Å². The summed E-state index contributed by atoms with van der Waals surface area (Å²) < 4.78 is 5.68. The molecule has 0 unspecified atom stereocenters. The van der Waals surface area contributed by atoms with Crippen molar-refractivity contribution < 1.29 is 14.6 Å². The average Bonchev–Trinajstić information content (AvgIpc) is 2.68. The van der Waals surface area contributed by atoms with Gasteiger partial charge >= 0.3 is 5.97 Å². The molecular formula is C24H40O3. The Balaban J connectivity index is 1.81. The molecule has 0 spiro atoms. The Hall–Kier alpha value is -1.35. The van der Waals surface area contributed by atoms with Crippen LogP contribution in [0.3, 0.4) is 0 Å². The number of hydrogen-bond acceptors (Lipinski definition) is 2. The highest BCUT2D eigenvalue weighted by atomic mass is 16.5. The summed E-state index contributed by atoms with van der Waals surface area (Å²) in [6, 6.07) is 6.92. The lowest BCUT2D eigenvalue weighted by Crippen LogP contribution is -1.98. The van der Waals surface area contributed by atoms with Crippen molar-refractivity contribution in [1.82, 2.24) is 0 Å². The van der Waals surface area contributed by atoms with Gasteiger partial charge in [-0.05, 0) is 24.1 Å². The number of carbonyl (C=O) groups is 1. The van der Waals surface area contributed by atoms with E-state index in [1.165, 1.54) is 83.5 Å². The van der Waals surface area contributed by atoms with Gasteiger partial charge < -0.3 is 9.84 Å². The van der Waals surface area contributed by atoms with Crippen LogP contribution >= 0.6 is 0 Å². The van der Waals surface area contributed by atoms with Gasteiger partial charge in [0.1, 0.15) is 0 Å². The largest absolute Gasteiger partial charge is 0.478 e. The molecule has 1 N–H and O–H groups in total. The second-order valence-electron chi connectivity index (χ2n) is 7.65. The van der Waals surface area contributed by atoms with Crippen molar-refractivity contribution in [2.75, 3.05) is 6.61 Å². The van der Waals surface area contributed by atoms with Crippen molar-refractivity contribution >= 4 is 5.97 Å². The maximum absolute atomic E-state index is 10.8. The van der Waals surface area contributed by atoms with Crippen LogP contribution in [-0.4, -0.2) is 17.7 Å². The normalized spacial score (nSPS) is 11.0. The summed E-state index contributed by atoms with van der Waals surface area (Å²) in [6.07, 6.45) is 19.1. The third kappa shape index (κ3) is 13.5. The predicted octanol–water partition coefficient (Wildman–Crippen LogP) is 7.38. The molecule has 0 heterocycles. The maximum atomic E-state index is 10.8. The van der Waals surface area contributed by atoms with Gasteiger partial charge in [-0.2, -0.15) is 0 Å². The number of rotatable bonds is 18. The number of hydrogen-bond donors (Lipinski definition) is 1. The van der Waals surface area contributed by atoms with Gasteiger partial charge in [0, 0.05) is 6.61 Å². The molecule has 0 aliphatic rings. The Labute approximate surface area is 166 Å². The molecule has 0 bridgehead atoms. The maximum Gasteiger partial charge on any atom is 0.335 e. The minimum Gasteiger partial charge on any atom is -0.478 e. The van der Waals surface area contributed by atoms with Crippen LogP contribution in [0, 0.1) is 0 Å². The third-order valence-corrected chi connectivity index (χ3v) is 5.11. The smallest absolute Gasteiger partial charge is 0.335 e. The molecule has 27 heavy (non-hydrogen) atoms. The molecule has 1 rings (SSSR count). The fourth-order valence-electron chi connectivity index (χ4n) is 3.33. The summed E-state index contributed by atoms with van der Waals surface area (Å²) >= 11 is 0. The summed E-state index contributed by atoms with van der Waals surface area (Å²) in [5.74, 6) is -0.884. The van der Waals surface area contributed by atoms with E-state index in [-0.39, 0.29) is 0 Å². The molecule has 0 atom stereocenters. The zero-order valence-corrected chi connectivity index (χ0v) is 17.4. The molecule has 1 aromatic rings. The van der Waals surface area contributed by atoms with Gasteiger partial charge in [0.15, 0.2) is 0 Å². The van der Waals surface area contributed by atoms with Gasteiger partial charge in [0.05, 0.1) is 12.2 Å². The fourth-order valence-corrected chi connectivity index (χ4v) is 3.33. The van der Waals surface area contributed by atoms with Crippen LogP contribution in [0.25, 0.3) is 0 Å². The van der Waals surface area contributed by atoms with E-state index in [1.54, 1.807) is 12.1 Å². The van der Waals surface area contributed by atoms with Crippen molar-refractivity contribution in [3.05, 3.63) is 35.4 Å². The molecule has 1 aromatic carbocycles. The number of unbranched alkanes of at least 4 members (excludes halogenated alkanes) is 13. The topological polar surface area (TPSA) is 46.5 Å². The number of aromatic carboxylic acids is 1. The molecule has 0 amide bonds. The molecule has 0 aliphatic heterocycles. The Morgan fingerprint density at radius 2 is 1.19 bits per heavy atom.